The van der Waals surface area contributed by atoms with Gasteiger partial charge in [0.15, 0.2) is 6.23 Å². The smallest absolute Gasteiger partial charge is 0.339 e. The van der Waals surface area contributed by atoms with Gasteiger partial charge in [-0.1, -0.05) is 56.3 Å². The molecular weight excluding hydrogens is 448 g/mol. The van der Waals surface area contributed by atoms with Crippen LogP contribution in [-0.2, 0) is 17.8 Å². The van der Waals surface area contributed by atoms with E-state index < -0.39 is 0 Å². The van der Waals surface area contributed by atoms with Crippen LogP contribution in [0.5, 0.6) is 0 Å². The molecule has 1 N–H and O–H groups in total. The van der Waals surface area contributed by atoms with Crippen LogP contribution in [0.3, 0.4) is 0 Å². The molecule has 1 saturated heterocycles. The first-order valence-electron chi connectivity index (χ1n) is 13.6. The Morgan fingerprint density at radius 2 is 1.64 bits per heavy atom. The van der Waals surface area contributed by atoms with Crippen LogP contribution in [0.1, 0.15) is 63.0 Å². The van der Waals surface area contributed by atoms with E-state index in [4.69, 9.17) is 4.74 Å². The Kier molecular flexibility index (Phi) is 10.9. The highest BCUT2D eigenvalue weighted by Gasteiger charge is 2.32. The fourth-order valence-electron chi connectivity index (χ4n) is 5.15. The number of hydrogen-bond acceptors (Lipinski definition) is 6. The van der Waals surface area contributed by atoms with Crippen molar-refractivity contribution in [2.75, 3.05) is 32.7 Å². The lowest BCUT2D eigenvalue weighted by atomic mass is 10.0. The predicted octanol–water partition coefficient (Wildman–Crippen LogP) is 4.60. The molecule has 1 heterocycles. The van der Waals surface area contributed by atoms with Gasteiger partial charge >= 0.3 is 5.97 Å². The van der Waals surface area contributed by atoms with Crippen molar-refractivity contribution in [3.8, 4) is 0 Å². The van der Waals surface area contributed by atoms with Crippen LogP contribution in [0, 0.1) is 0 Å². The van der Waals surface area contributed by atoms with Gasteiger partial charge in [-0.2, -0.15) is 0 Å². The number of ether oxygens (including phenoxy) is 1. The maximum Gasteiger partial charge on any atom is 0.339 e. The van der Waals surface area contributed by atoms with Crippen LogP contribution in [-0.4, -0.2) is 77.7 Å². The molecule has 2 aromatic carbocycles. The Hall–Kier alpha value is -2.25. The largest absolute Gasteiger partial charge is 0.443 e. The zero-order valence-electron chi connectivity index (χ0n) is 23.1. The highest BCUT2D eigenvalue weighted by atomic mass is 16.6. The molecule has 0 radical (unpaired) electrons. The third-order valence-electron chi connectivity index (χ3n) is 7.37. The molecule has 2 aromatic rings. The second-order valence-corrected chi connectivity index (χ2v) is 10.3. The van der Waals surface area contributed by atoms with Gasteiger partial charge in [0.25, 0.3) is 0 Å². The van der Waals surface area contributed by atoms with E-state index in [9.17, 15) is 4.79 Å². The first-order chi connectivity index (χ1) is 17.3. The second kappa shape index (κ2) is 13.9. The van der Waals surface area contributed by atoms with Crippen LogP contribution in [0.2, 0.25) is 0 Å². The van der Waals surface area contributed by atoms with E-state index in [2.05, 4.69) is 78.9 Å². The molecular formula is C30H46N4O2. The molecule has 0 aromatic heterocycles. The lowest BCUT2D eigenvalue weighted by molar-refractivity contribution is -0.0677. The number of rotatable bonds is 12. The highest BCUT2D eigenvalue weighted by Crippen LogP contribution is 2.22. The van der Waals surface area contributed by atoms with Crippen molar-refractivity contribution in [3.05, 3.63) is 71.3 Å². The van der Waals surface area contributed by atoms with Gasteiger partial charge in [-0.05, 0) is 64.0 Å². The lowest BCUT2D eigenvalue weighted by Crippen LogP contribution is -2.58. The third kappa shape index (κ3) is 8.13. The summed E-state index contributed by atoms with van der Waals surface area (Å²) < 4.78 is 5.78. The first-order valence-corrected chi connectivity index (χ1v) is 13.6. The summed E-state index contributed by atoms with van der Waals surface area (Å²) in [6, 6.07) is 19.4. The van der Waals surface area contributed by atoms with E-state index in [1.54, 1.807) is 12.1 Å². The van der Waals surface area contributed by atoms with Gasteiger partial charge in [0.05, 0.1) is 5.56 Å². The van der Waals surface area contributed by atoms with E-state index in [0.29, 0.717) is 23.7 Å². The molecule has 3 rings (SSSR count). The number of carbonyl (C=O) groups is 1. The van der Waals surface area contributed by atoms with Gasteiger partial charge in [0.2, 0.25) is 0 Å². The van der Waals surface area contributed by atoms with Crippen LogP contribution in [0.25, 0.3) is 0 Å². The number of benzene rings is 2. The molecule has 1 aliphatic rings. The second-order valence-electron chi connectivity index (χ2n) is 10.3. The van der Waals surface area contributed by atoms with Crippen LogP contribution < -0.4 is 5.32 Å². The van der Waals surface area contributed by atoms with E-state index in [1.807, 2.05) is 25.1 Å². The van der Waals surface area contributed by atoms with E-state index >= 15 is 0 Å². The molecule has 0 aliphatic carbocycles. The van der Waals surface area contributed by atoms with Crippen molar-refractivity contribution in [3.63, 3.8) is 0 Å². The summed E-state index contributed by atoms with van der Waals surface area (Å²) in [5, 5.41) is 3.69. The summed E-state index contributed by atoms with van der Waals surface area (Å²) in [7, 11) is 0. The number of nitrogens with zero attached hydrogens (tertiary/aromatic N) is 3. The molecule has 0 amide bonds. The molecule has 1 fully saturated rings. The number of esters is 1. The van der Waals surface area contributed by atoms with Gasteiger partial charge in [-0.3, -0.25) is 9.80 Å². The molecule has 0 saturated carbocycles. The average molecular weight is 495 g/mol. The SMILES string of the molecule is CCN(CC)CC(C)NCc1cccc(CN2[C@H](C)CN(C(C)OC(=O)c3ccccc3)C[C@@H]2C)c1. The van der Waals surface area contributed by atoms with Gasteiger partial charge in [-0.25, -0.2) is 4.79 Å². The number of carbonyl (C=O) groups excluding carboxylic acids is 1. The Morgan fingerprint density at radius 1 is 1.00 bits per heavy atom. The maximum atomic E-state index is 12.5. The van der Waals surface area contributed by atoms with Crippen molar-refractivity contribution in [2.45, 2.75) is 79.0 Å². The first kappa shape index (κ1) is 28.3. The molecule has 0 spiro atoms. The van der Waals surface area contributed by atoms with Crippen molar-refractivity contribution in [2.24, 2.45) is 0 Å². The minimum atomic E-state index is -0.261. The van der Waals surface area contributed by atoms with Gasteiger partial charge in [0.1, 0.15) is 0 Å². The molecule has 2 unspecified atom stereocenters. The topological polar surface area (TPSA) is 48.0 Å². The standard InChI is InChI=1S/C30H46N4O2/c1-7-32(8-2)19-23(3)31-18-27-13-12-14-28(17-27)22-34-24(4)20-33(21-25(34)5)26(6)36-30(35)29-15-10-9-11-16-29/h9-17,23-26,31H,7-8,18-22H2,1-6H3/t23?,24-,25+,26?. The monoisotopic (exact) mass is 494 g/mol. The van der Waals surface area contributed by atoms with Crippen LogP contribution in [0.15, 0.2) is 54.6 Å². The Bertz CT molecular complexity index is 922. The lowest BCUT2D eigenvalue weighted by Gasteiger charge is -2.46. The minimum Gasteiger partial charge on any atom is -0.443 e. The van der Waals surface area contributed by atoms with Crippen molar-refractivity contribution in [1.29, 1.82) is 0 Å². The quantitative estimate of drug-likeness (QED) is 0.435. The van der Waals surface area contributed by atoms with Gasteiger partial charge in [0, 0.05) is 50.8 Å². The highest BCUT2D eigenvalue weighted by molar-refractivity contribution is 5.89. The van der Waals surface area contributed by atoms with Crippen molar-refractivity contribution < 1.29 is 9.53 Å². The number of likely N-dealkylation sites (N-methyl/N-ethyl adjacent to an activating group) is 1. The Labute approximate surface area is 218 Å². The normalized spacial score (nSPS) is 20.9. The van der Waals surface area contributed by atoms with Gasteiger partial charge in [-0.15, -0.1) is 0 Å². The summed E-state index contributed by atoms with van der Waals surface area (Å²) in [5.74, 6) is -0.261. The Balaban J connectivity index is 1.52. The zero-order valence-corrected chi connectivity index (χ0v) is 23.1. The van der Waals surface area contributed by atoms with Crippen molar-refractivity contribution in [1.82, 2.24) is 20.0 Å². The molecule has 6 heteroatoms. The predicted molar refractivity (Wildman–Crippen MR) is 148 cm³/mol. The number of piperazine rings is 1. The molecule has 0 bridgehead atoms. The maximum absolute atomic E-state index is 12.5. The summed E-state index contributed by atoms with van der Waals surface area (Å²) in [4.78, 5) is 19.8. The summed E-state index contributed by atoms with van der Waals surface area (Å²) in [6.07, 6.45) is -0.252. The van der Waals surface area contributed by atoms with Crippen molar-refractivity contribution >= 4 is 5.97 Å². The van der Waals surface area contributed by atoms with Gasteiger partial charge < -0.3 is 15.0 Å². The fourth-order valence-corrected chi connectivity index (χ4v) is 5.15. The van der Waals surface area contributed by atoms with E-state index in [1.165, 1.54) is 11.1 Å². The summed E-state index contributed by atoms with van der Waals surface area (Å²) >= 11 is 0. The summed E-state index contributed by atoms with van der Waals surface area (Å²) in [5.41, 5.74) is 3.28. The van der Waals surface area contributed by atoms with E-state index in [0.717, 1.165) is 45.8 Å². The number of nitrogens with one attached hydrogen (secondary N) is 1. The molecule has 36 heavy (non-hydrogen) atoms. The zero-order chi connectivity index (χ0) is 26.1. The summed E-state index contributed by atoms with van der Waals surface area (Å²) in [6.45, 7) is 20.1. The fraction of sp³-hybridized carbons (Fsp3) is 0.567. The molecule has 1 aliphatic heterocycles. The minimum absolute atomic E-state index is 0.252. The molecule has 4 atom stereocenters. The van der Waals surface area contributed by atoms with Crippen LogP contribution in [0.4, 0.5) is 0 Å². The Morgan fingerprint density at radius 3 is 2.28 bits per heavy atom. The average Bonchev–Trinajstić information content (AvgIpc) is 2.88. The number of hydrogen-bond donors (Lipinski definition) is 1. The van der Waals surface area contributed by atoms with E-state index in [-0.39, 0.29) is 12.2 Å². The van der Waals surface area contributed by atoms with Crippen LogP contribution >= 0.6 is 0 Å². The molecule has 198 valence electrons. The third-order valence-corrected chi connectivity index (χ3v) is 7.37. The molecule has 6 nitrogen and oxygen atoms in total.